The van der Waals surface area contributed by atoms with Crippen molar-refractivity contribution in [2.24, 2.45) is 0 Å². The first-order valence-electron chi connectivity index (χ1n) is 7.84. The van der Waals surface area contributed by atoms with Gasteiger partial charge < -0.3 is 15.3 Å². The predicted octanol–water partition coefficient (Wildman–Crippen LogP) is 2.39. The summed E-state index contributed by atoms with van der Waals surface area (Å²) in [5, 5.41) is 12.5. The zero-order valence-corrected chi connectivity index (χ0v) is 14.3. The Bertz CT molecular complexity index is 887. The van der Waals surface area contributed by atoms with Crippen LogP contribution >= 0.6 is 11.6 Å². The number of aliphatic hydroxyl groups is 1. The Morgan fingerprint density at radius 2 is 2.15 bits per heavy atom. The highest BCUT2D eigenvalue weighted by Gasteiger charge is 2.36. The van der Waals surface area contributed by atoms with E-state index in [9.17, 15) is 19.1 Å². The first-order valence-corrected chi connectivity index (χ1v) is 8.22. The summed E-state index contributed by atoms with van der Waals surface area (Å²) in [5.74, 6) is -2.29. The van der Waals surface area contributed by atoms with E-state index >= 15 is 0 Å². The van der Waals surface area contributed by atoms with Gasteiger partial charge in [0.25, 0.3) is 11.8 Å². The van der Waals surface area contributed by atoms with Gasteiger partial charge in [0.2, 0.25) is 0 Å². The summed E-state index contributed by atoms with van der Waals surface area (Å²) in [6.07, 6.45) is 2.14. The maximum Gasteiger partial charge on any atom is 0.267 e. The van der Waals surface area contributed by atoms with Gasteiger partial charge in [0.1, 0.15) is 17.1 Å². The van der Waals surface area contributed by atoms with Gasteiger partial charge >= 0.3 is 0 Å². The summed E-state index contributed by atoms with van der Waals surface area (Å²) >= 11 is 5.73. The quantitative estimate of drug-likeness (QED) is 0.786. The minimum atomic E-state index is -0.667. The lowest BCUT2D eigenvalue weighted by Gasteiger charge is -2.16. The Hall–Kier alpha value is -2.93. The summed E-state index contributed by atoms with van der Waals surface area (Å²) in [7, 11) is 0. The van der Waals surface area contributed by atoms with Gasteiger partial charge in [0.05, 0.1) is 11.6 Å². The Morgan fingerprint density at radius 3 is 2.85 bits per heavy atom. The van der Waals surface area contributed by atoms with E-state index in [4.69, 9.17) is 11.6 Å². The molecule has 1 aromatic carbocycles. The topological polar surface area (TPSA) is 82.5 Å². The molecule has 2 heterocycles. The molecule has 2 N–H and O–H groups in total. The molecule has 0 saturated carbocycles. The molecule has 8 heteroatoms. The lowest BCUT2D eigenvalue weighted by molar-refractivity contribution is -0.122. The fourth-order valence-electron chi connectivity index (χ4n) is 2.59. The van der Waals surface area contributed by atoms with Crippen LogP contribution in [-0.4, -0.2) is 35.0 Å². The van der Waals surface area contributed by atoms with E-state index in [1.54, 1.807) is 12.3 Å². The Balaban J connectivity index is 1.65. The lowest BCUT2D eigenvalue weighted by Crippen LogP contribution is -2.34. The highest BCUT2D eigenvalue weighted by atomic mass is 35.5. The number of carbonyl (C=O) groups excluding carboxylic acids is 2. The van der Waals surface area contributed by atoms with E-state index in [0.717, 1.165) is 16.7 Å². The molecule has 134 valence electrons. The van der Waals surface area contributed by atoms with Gasteiger partial charge in [-0.25, -0.2) is 4.39 Å². The second kappa shape index (κ2) is 7.53. The van der Waals surface area contributed by atoms with E-state index in [1.807, 2.05) is 12.1 Å². The van der Waals surface area contributed by atoms with Crippen LogP contribution in [0.1, 0.15) is 5.69 Å². The molecule has 0 fully saturated rings. The summed E-state index contributed by atoms with van der Waals surface area (Å²) < 4.78 is 13.3. The van der Waals surface area contributed by atoms with Gasteiger partial charge in [-0.3, -0.25) is 14.6 Å². The summed E-state index contributed by atoms with van der Waals surface area (Å²) in [5.41, 5.74) is 0.766. The van der Waals surface area contributed by atoms with Crippen molar-refractivity contribution in [1.29, 1.82) is 0 Å². The standard InChI is InChI=1S/C18H15ClFN3O3/c19-13-9-12(4-5-14(13)20)23-10-15(24)16(18(23)26)17(25)22-8-6-11-3-1-2-7-21-11/h1-5,7,9,24H,6,8,10H2,(H,22,25). The molecule has 2 amide bonds. The third kappa shape index (κ3) is 3.67. The number of halogens is 2. The number of aliphatic hydroxyl groups excluding tert-OH is 1. The molecule has 0 atom stereocenters. The van der Waals surface area contributed by atoms with E-state index in [2.05, 4.69) is 10.3 Å². The van der Waals surface area contributed by atoms with Crippen LogP contribution < -0.4 is 10.2 Å². The second-order valence-electron chi connectivity index (χ2n) is 5.64. The summed E-state index contributed by atoms with van der Waals surface area (Å²) in [6.45, 7) is 0.0894. The molecule has 3 rings (SSSR count). The number of benzene rings is 1. The number of hydrogen-bond donors (Lipinski definition) is 2. The van der Waals surface area contributed by atoms with Crippen LogP contribution in [0.5, 0.6) is 0 Å². The Labute approximate surface area is 153 Å². The molecule has 1 aliphatic rings. The van der Waals surface area contributed by atoms with E-state index < -0.39 is 17.6 Å². The van der Waals surface area contributed by atoms with Gasteiger partial charge in [0.15, 0.2) is 0 Å². The molecule has 1 aliphatic heterocycles. The molecule has 0 radical (unpaired) electrons. The van der Waals surface area contributed by atoms with E-state index in [-0.39, 0.29) is 29.4 Å². The monoisotopic (exact) mass is 375 g/mol. The molecule has 1 aromatic heterocycles. The molecular weight excluding hydrogens is 361 g/mol. The van der Waals surface area contributed by atoms with Crippen LogP contribution in [0, 0.1) is 5.82 Å². The first-order chi connectivity index (χ1) is 12.5. The van der Waals surface area contributed by atoms with Crippen molar-refractivity contribution in [3.63, 3.8) is 0 Å². The number of nitrogens with zero attached hydrogens (tertiary/aromatic N) is 2. The zero-order valence-electron chi connectivity index (χ0n) is 13.6. The number of rotatable bonds is 5. The molecule has 0 spiro atoms. The molecule has 0 aliphatic carbocycles. The average Bonchev–Trinajstić information content (AvgIpc) is 2.92. The molecule has 6 nitrogen and oxygen atoms in total. The molecule has 2 aromatic rings. The first kappa shape index (κ1) is 17.9. The van der Waals surface area contributed by atoms with Crippen molar-refractivity contribution in [1.82, 2.24) is 10.3 Å². The van der Waals surface area contributed by atoms with Crippen molar-refractivity contribution in [3.05, 3.63) is 70.5 Å². The van der Waals surface area contributed by atoms with Gasteiger partial charge in [-0.05, 0) is 30.3 Å². The number of nitrogens with one attached hydrogen (secondary N) is 1. The highest BCUT2D eigenvalue weighted by molar-refractivity contribution is 6.31. The van der Waals surface area contributed by atoms with Crippen LogP contribution in [0.2, 0.25) is 5.02 Å². The normalized spacial score (nSPS) is 14.1. The van der Waals surface area contributed by atoms with E-state index in [0.29, 0.717) is 12.1 Å². The fourth-order valence-corrected chi connectivity index (χ4v) is 2.76. The third-order valence-electron chi connectivity index (χ3n) is 3.89. The maximum atomic E-state index is 13.3. The minimum absolute atomic E-state index is 0.150. The number of amides is 2. The van der Waals surface area contributed by atoms with Gasteiger partial charge in [0, 0.05) is 30.5 Å². The highest BCUT2D eigenvalue weighted by Crippen LogP contribution is 2.28. The summed E-state index contributed by atoms with van der Waals surface area (Å²) in [6, 6.07) is 9.19. The van der Waals surface area contributed by atoms with Crippen molar-refractivity contribution >= 4 is 29.1 Å². The molecule has 0 unspecified atom stereocenters. The average molecular weight is 376 g/mol. The van der Waals surface area contributed by atoms with Crippen LogP contribution in [0.4, 0.5) is 10.1 Å². The molecule has 0 bridgehead atoms. The zero-order chi connectivity index (χ0) is 18.7. The van der Waals surface area contributed by atoms with Crippen LogP contribution in [0.3, 0.4) is 0 Å². The van der Waals surface area contributed by atoms with Crippen LogP contribution in [0.15, 0.2) is 53.9 Å². The predicted molar refractivity (Wildman–Crippen MR) is 94.4 cm³/mol. The van der Waals surface area contributed by atoms with Crippen molar-refractivity contribution in [2.75, 3.05) is 18.0 Å². The van der Waals surface area contributed by atoms with Gasteiger partial charge in [-0.15, -0.1) is 0 Å². The number of pyridine rings is 1. The number of aromatic nitrogens is 1. The van der Waals surface area contributed by atoms with Gasteiger partial charge in [-0.2, -0.15) is 0 Å². The molecule has 0 saturated heterocycles. The van der Waals surface area contributed by atoms with Crippen molar-refractivity contribution in [2.45, 2.75) is 6.42 Å². The number of anilines is 1. The lowest BCUT2D eigenvalue weighted by atomic mass is 10.2. The second-order valence-corrected chi connectivity index (χ2v) is 6.05. The number of hydrogen-bond acceptors (Lipinski definition) is 4. The largest absolute Gasteiger partial charge is 0.509 e. The Morgan fingerprint density at radius 1 is 1.35 bits per heavy atom. The number of carbonyl (C=O) groups is 2. The van der Waals surface area contributed by atoms with Crippen molar-refractivity contribution < 1.29 is 19.1 Å². The summed E-state index contributed by atoms with van der Waals surface area (Å²) in [4.78, 5) is 30.1. The fraction of sp³-hybridized carbons (Fsp3) is 0.167. The van der Waals surface area contributed by atoms with Crippen LogP contribution in [0.25, 0.3) is 0 Å². The molecule has 26 heavy (non-hydrogen) atoms. The SMILES string of the molecule is O=C(NCCc1ccccn1)C1=C(O)CN(c2ccc(F)c(Cl)c2)C1=O. The van der Waals surface area contributed by atoms with Gasteiger partial charge in [-0.1, -0.05) is 17.7 Å². The third-order valence-corrected chi connectivity index (χ3v) is 4.18. The van der Waals surface area contributed by atoms with Crippen molar-refractivity contribution in [3.8, 4) is 0 Å². The van der Waals surface area contributed by atoms with Crippen LogP contribution in [-0.2, 0) is 16.0 Å². The minimum Gasteiger partial charge on any atom is -0.509 e. The molecular formula is C18H15ClFN3O3. The maximum absolute atomic E-state index is 13.3. The Kier molecular flexibility index (Phi) is 5.18. The van der Waals surface area contributed by atoms with E-state index in [1.165, 1.54) is 12.1 Å². The smallest absolute Gasteiger partial charge is 0.267 e.